The molecule has 0 saturated carbocycles. The number of benzene rings is 1. The predicted octanol–water partition coefficient (Wildman–Crippen LogP) is 4.65. The van der Waals surface area contributed by atoms with E-state index in [1.807, 2.05) is 0 Å². The van der Waals surface area contributed by atoms with E-state index in [2.05, 4.69) is 58.7 Å². The first-order chi connectivity index (χ1) is 12.1. The summed E-state index contributed by atoms with van der Waals surface area (Å²) in [5.41, 5.74) is 14.4. The van der Waals surface area contributed by atoms with Crippen molar-refractivity contribution in [3.63, 3.8) is 0 Å². The van der Waals surface area contributed by atoms with Crippen molar-refractivity contribution >= 4 is 5.96 Å². The largest absolute Gasteiger partial charge is 0.507 e. The lowest BCUT2D eigenvalue weighted by Crippen LogP contribution is -2.23. The average molecular weight is 362 g/mol. The summed E-state index contributed by atoms with van der Waals surface area (Å²) in [6, 6.07) is 4.31. The topological polar surface area (TPSA) is 84.6 Å². The van der Waals surface area contributed by atoms with Crippen molar-refractivity contribution in [1.82, 2.24) is 0 Å². The summed E-state index contributed by atoms with van der Waals surface area (Å²) in [7, 11) is 0. The molecule has 0 unspecified atom stereocenters. The Morgan fingerprint density at radius 1 is 1.00 bits per heavy atom. The van der Waals surface area contributed by atoms with E-state index in [0.717, 1.165) is 49.7 Å². The minimum atomic E-state index is -0.0279. The van der Waals surface area contributed by atoms with E-state index >= 15 is 0 Å². The smallest absolute Gasteiger partial charge is 0.185 e. The second kappa shape index (κ2) is 9.29. The summed E-state index contributed by atoms with van der Waals surface area (Å²) in [5, 5.41) is 11.1. The SMILES string of the molecule is CCC(C)(CC)Cc1cc(CCN=C(N)N)cc(C(C)(CC)CC)c1O. The molecule has 1 rings (SSSR count). The van der Waals surface area contributed by atoms with Crippen molar-refractivity contribution in [2.24, 2.45) is 21.9 Å². The monoisotopic (exact) mass is 361 g/mol. The fourth-order valence-electron chi connectivity index (χ4n) is 3.40. The zero-order chi connectivity index (χ0) is 20.0. The Balaban J connectivity index is 3.40. The van der Waals surface area contributed by atoms with E-state index < -0.39 is 0 Å². The highest BCUT2D eigenvalue weighted by molar-refractivity contribution is 5.75. The first-order valence-corrected chi connectivity index (χ1v) is 10.0. The number of phenols is 1. The van der Waals surface area contributed by atoms with E-state index in [1.165, 1.54) is 5.56 Å². The van der Waals surface area contributed by atoms with Gasteiger partial charge in [0.2, 0.25) is 0 Å². The molecule has 26 heavy (non-hydrogen) atoms. The first kappa shape index (κ1) is 22.3. The molecule has 0 heterocycles. The summed E-state index contributed by atoms with van der Waals surface area (Å²) in [4.78, 5) is 4.12. The highest BCUT2D eigenvalue weighted by Gasteiger charge is 2.29. The maximum absolute atomic E-state index is 11.1. The van der Waals surface area contributed by atoms with Gasteiger partial charge in [-0.3, -0.25) is 4.99 Å². The predicted molar refractivity (Wildman–Crippen MR) is 113 cm³/mol. The quantitative estimate of drug-likeness (QED) is 0.419. The van der Waals surface area contributed by atoms with Gasteiger partial charge in [-0.05, 0) is 47.6 Å². The Bertz CT molecular complexity index is 610. The summed E-state index contributed by atoms with van der Waals surface area (Å²) < 4.78 is 0. The average Bonchev–Trinajstić information content (AvgIpc) is 2.63. The fourth-order valence-corrected chi connectivity index (χ4v) is 3.40. The van der Waals surface area contributed by atoms with Crippen molar-refractivity contribution in [1.29, 1.82) is 0 Å². The van der Waals surface area contributed by atoms with Crippen molar-refractivity contribution in [3.8, 4) is 5.75 Å². The zero-order valence-electron chi connectivity index (χ0n) is 17.7. The van der Waals surface area contributed by atoms with Crippen molar-refractivity contribution < 1.29 is 5.11 Å². The molecule has 0 saturated heterocycles. The molecule has 4 heteroatoms. The van der Waals surface area contributed by atoms with Crippen molar-refractivity contribution in [2.45, 2.75) is 85.5 Å². The Kier molecular flexibility index (Phi) is 7.98. The normalized spacial score (nSPS) is 12.2. The van der Waals surface area contributed by atoms with Crippen LogP contribution in [0.25, 0.3) is 0 Å². The number of phenolic OH excluding ortho intramolecular Hbond substituents is 1. The molecule has 0 aliphatic carbocycles. The fraction of sp³-hybridized carbons (Fsp3) is 0.682. The molecule has 148 valence electrons. The molecule has 1 aromatic rings. The molecule has 0 aliphatic heterocycles. The van der Waals surface area contributed by atoms with Crippen LogP contribution >= 0.6 is 0 Å². The number of hydrogen-bond donors (Lipinski definition) is 3. The van der Waals surface area contributed by atoms with Gasteiger partial charge in [-0.25, -0.2) is 0 Å². The van der Waals surface area contributed by atoms with Crippen molar-refractivity contribution in [3.05, 3.63) is 28.8 Å². The van der Waals surface area contributed by atoms with Gasteiger partial charge in [0.05, 0.1) is 0 Å². The van der Waals surface area contributed by atoms with Crippen molar-refractivity contribution in [2.75, 3.05) is 6.54 Å². The Morgan fingerprint density at radius 3 is 2.04 bits per heavy atom. The lowest BCUT2D eigenvalue weighted by Gasteiger charge is -2.32. The van der Waals surface area contributed by atoms with Crippen LogP contribution in [0.5, 0.6) is 5.75 Å². The third-order valence-corrected chi connectivity index (χ3v) is 6.48. The molecule has 0 radical (unpaired) electrons. The Morgan fingerprint density at radius 2 is 1.58 bits per heavy atom. The van der Waals surface area contributed by atoms with Gasteiger partial charge in [0, 0.05) is 12.1 Å². The van der Waals surface area contributed by atoms with Crippen LogP contribution in [0.4, 0.5) is 0 Å². The lowest BCUT2D eigenvalue weighted by atomic mass is 9.73. The van der Waals surface area contributed by atoms with Gasteiger partial charge in [0.25, 0.3) is 0 Å². The van der Waals surface area contributed by atoms with E-state index in [-0.39, 0.29) is 16.8 Å². The molecule has 0 amide bonds. The molecular formula is C22H39N3O. The van der Waals surface area contributed by atoms with Crippen LogP contribution in [0.1, 0.15) is 83.9 Å². The number of guanidine groups is 1. The summed E-state index contributed by atoms with van der Waals surface area (Å²) in [6.45, 7) is 14.0. The number of nitrogens with two attached hydrogens (primary N) is 2. The molecule has 1 aromatic carbocycles. The molecular weight excluding hydrogens is 322 g/mol. The molecule has 4 nitrogen and oxygen atoms in total. The number of hydrogen-bond acceptors (Lipinski definition) is 2. The Labute approximate surface area is 160 Å². The number of rotatable bonds is 10. The van der Waals surface area contributed by atoms with Gasteiger partial charge in [-0.2, -0.15) is 0 Å². The maximum atomic E-state index is 11.1. The highest BCUT2D eigenvalue weighted by Crippen LogP contribution is 2.42. The van der Waals surface area contributed by atoms with Crippen LogP contribution < -0.4 is 11.5 Å². The van der Waals surface area contributed by atoms with E-state index in [9.17, 15) is 5.11 Å². The molecule has 0 bridgehead atoms. The Hall–Kier alpha value is -1.71. The van der Waals surface area contributed by atoms with E-state index in [0.29, 0.717) is 12.3 Å². The van der Waals surface area contributed by atoms with E-state index in [1.54, 1.807) is 0 Å². The molecule has 0 spiro atoms. The minimum Gasteiger partial charge on any atom is -0.507 e. The molecule has 0 aliphatic rings. The number of aliphatic imine (C=N–C) groups is 1. The van der Waals surface area contributed by atoms with Gasteiger partial charge in [-0.15, -0.1) is 0 Å². The zero-order valence-corrected chi connectivity index (χ0v) is 17.7. The summed E-state index contributed by atoms with van der Waals surface area (Å²) in [6.07, 6.45) is 5.83. The minimum absolute atomic E-state index is 0.0279. The van der Waals surface area contributed by atoms with Gasteiger partial charge in [0.1, 0.15) is 5.75 Å². The second-order valence-electron chi connectivity index (χ2n) is 8.17. The highest BCUT2D eigenvalue weighted by atomic mass is 16.3. The molecule has 0 atom stereocenters. The van der Waals surface area contributed by atoms with Gasteiger partial charge in [-0.1, -0.05) is 66.5 Å². The standard InChI is InChI=1S/C22H39N3O/c1-7-21(5,8-2)15-17-13-16(11-12-25-20(23)24)14-18(19(17)26)22(6,9-3)10-4/h13-14,26H,7-12,15H2,1-6H3,(H4,23,24,25). The van der Waals surface area contributed by atoms with Crippen LogP contribution in [0.2, 0.25) is 0 Å². The van der Waals surface area contributed by atoms with E-state index in [4.69, 9.17) is 11.5 Å². The maximum Gasteiger partial charge on any atom is 0.185 e. The first-order valence-electron chi connectivity index (χ1n) is 10.0. The van der Waals surface area contributed by atoms with Gasteiger partial charge >= 0.3 is 0 Å². The third kappa shape index (κ3) is 5.39. The van der Waals surface area contributed by atoms with Crippen LogP contribution in [0, 0.1) is 5.41 Å². The summed E-state index contributed by atoms with van der Waals surface area (Å²) >= 11 is 0. The summed E-state index contributed by atoms with van der Waals surface area (Å²) in [5.74, 6) is 0.607. The van der Waals surface area contributed by atoms with Crippen LogP contribution in [0.3, 0.4) is 0 Å². The van der Waals surface area contributed by atoms with Crippen LogP contribution in [-0.2, 0) is 18.3 Å². The lowest BCUT2D eigenvalue weighted by molar-refractivity contribution is 0.290. The number of nitrogens with zero attached hydrogens (tertiary/aromatic N) is 1. The molecule has 0 fully saturated rings. The molecule has 5 N–H and O–H groups in total. The third-order valence-electron chi connectivity index (χ3n) is 6.48. The van der Waals surface area contributed by atoms with Crippen LogP contribution in [-0.4, -0.2) is 17.6 Å². The second-order valence-corrected chi connectivity index (χ2v) is 8.17. The van der Waals surface area contributed by atoms with Gasteiger partial charge < -0.3 is 16.6 Å². The van der Waals surface area contributed by atoms with Gasteiger partial charge in [0.15, 0.2) is 5.96 Å². The number of aromatic hydroxyl groups is 1. The molecule has 0 aromatic heterocycles. The van der Waals surface area contributed by atoms with Crippen LogP contribution in [0.15, 0.2) is 17.1 Å².